The highest BCUT2D eigenvalue weighted by Gasteiger charge is 2.34. The second-order valence-electron chi connectivity index (χ2n) is 8.57. The minimum Gasteiger partial charge on any atom is -0.358 e. The van der Waals surface area contributed by atoms with Crippen LogP contribution in [0.2, 0.25) is 0 Å². The summed E-state index contributed by atoms with van der Waals surface area (Å²) >= 11 is 0. The average Bonchev–Trinajstić information content (AvgIpc) is 3.06. The topological polar surface area (TPSA) is 70.4 Å². The SMILES string of the molecule is CCC[C@H]1CC[C@@H](N2CC(NC(=O)CNc3noc4ccc(C)cc34)C2)CC1. The molecule has 2 fully saturated rings. The van der Waals surface area contributed by atoms with Crippen LogP contribution in [0.25, 0.3) is 11.0 Å². The highest BCUT2D eigenvalue weighted by molar-refractivity contribution is 5.90. The monoisotopic (exact) mass is 384 g/mol. The highest BCUT2D eigenvalue weighted by atomic mass is 16.5. The number of amides is 1. The largest absolute Gasteiger partial charge is 0.358 e. The number of benzene rings is 1. The molecule has 1 saturated heterocycles. The van der Waals surface area contributed by atoms with Gasteiger partial charge in [0.2, 0.25) is 5.91 Å². The maximum absolute atomic E-state index is 12.3. The molecule has 0 radical (unpaired) electrons. The van der Waals surface area contributed by atoms with Crippen LogP contribution in [0.1, 0.15) is 51.0 Å². The van der Waals surface area contributed by atoms with Gasteiger partial charge in [0, 0.05) is 19.1 Å². The van der Waals surface area contributed by atoms with Gasteiger partial charge < -0.3 is 15.2 Å². The maximum Gasteiger partial charge on any atom is 0.239 e. The van der Waals surface area contributed by atoms with Crippen LogP contribution in [0, 0.1) is 12.8 Å². The van der Waals surface area contributed by atoms with Crippen molar-refractivity contribution >= 4 is 22.7 Å². The van der Waals surface area contributed by atoms with E-state index in [0.29, 0.717) is 5.82 Å². The number of anilines is 1. The third-order valence-electron chi connectivity index (χ3n) is 6.35. The van der Waals surface area contributed by atoms with Gasteiger partial charge in [-0.25, -0.2) is 0 Å². The van der Waals surface area contributed by atoms with Gasteiger partial charge in [-0.2, -0.15) is 0 Å². The Morgan fingerprint density at radius 3 is 2.79 bits per heavy atom. The Balaban J connectivity index is 1.18. The van der Waals surface area contributed by atoms with Crippen LogP contribution in [0.3, 0.4) is 0 Å². The molecule has 4 rings (SSSR count). The van der Waals surface area contributed by atoms with E-state index in [9.17, 15) is 4.79 Å². The predicted octanol–water partition coefficient (Wildman–Crippen LogP) is 3.71. The van der Waals surface area contributed by atoms with Crippen molar-refractivity contribution in [2.24, 2.45) is 5.92 Å². The molecule has 2 N–H and O–H groups in total. The number of carbonyl (C=O) groups excluding carboxylic acids is 1. The summed E-state index contributed by atoms with van der Waals surface area (Å²) in [5.41, 5.74) is 1.87. The Morgan fingerprint density at radius 1 is 1.25 bits per heavy atom. The molecule has 2 aromatic rings. The lowest BCUT2D eigenvalue weighted by Gasteiger charge is -2.46. The zero-order valence-electron chi connectivity index (χ0n) is 17.0. The van der Waals surface area contributed by atoms with Crippen LogP contribution in [0.5, 0.6) is 0 Å². The third kappa shape index (κ3) is 4.32. The average molecular weight is 385 g/mol. The fourth-order valence-corrected chi connectivity index (χ4v) is 4.73. The molecule has 1 aliphatic carbocycles. The number of nitrogens with one attached hydrogen (secondary N) is 2. The Morgan fingerprint density at radius 2 is 2.04 bits per heavy atom. The fourth-order valence-electron chi connectivity index (χ4n) is 4.73. The molecule has 6 nitrogen and oxygen atoms in total. The molecular weight excluding hydrogens is 352 g/mol. The van der Waals surface area contributed by atoms with Gasteiger partial charge in [-0.1, -0.05) is 36.6 Å². The first-order valence-corrected chi connectivity index (χ1v) is 10.8. The van der Waals surface area contributed by atoms with Crippen molar-refractivity contribution < 1.29 is 9.32 Å². The van der Waals surface area contributed by atoms with E-state index in [1.165, 1.54) is 38.5 Å². The van der Waals surface area contributed by atoms with Crippen molar-refractivity contribution in [3.05, 3.63) is 23.8 Å². The van der Waals surface area contributed by atoms with E-state index in [1.54, 1.807) is 0 Å². The van der Waals surface area contributed by atoms with Crippen LogP contribution in [-0.4, -0.2) is 47.7 Å². The summed E-state index contributed by atoms with van der Waals surface area (Å²) in [4.78, 5) is 14.8. The van der Waals surface area contributed by atoms with Crippen LogP contribution < -0.4 is 10.6 Å². The quantitative estimate of drug-likeness (QED) is 0.762. The number of nitrogens with zero attached hydrogens (tertiary/aromatic N) is 2. The molecule has 1 amide bonds. The molecule has 6 heteroatoms. The minimum absolute atomic E-state index is 0.0140. The van der Waals surface area contributed by atoms with E-state index in [1.807, 2.05) is 25.1 Å². The molecule has 0 atom stereocenters. The number of aryl methyl sites for hydroxylation is 1. The van der Waals surface area contributed by atoms with Crippen molar-refractivity contribution in [3.63, 3.8) is 0 Å². The molecule has 2 aliphatic rings. The molecule has 1 aromatic carbocycles. The number of aromatic nitrogens is 1. The lowest BCUT2D eigenvalue weighted by Crippen LogP contribution is -2.63. The molecule has 0 bridgehead atoms. The van der Waals surface area contributed by atoms with Gasteiger partial charge in [0.05, 0.1) is 18.0 Å². The number of hydrogen-bond donors (Lipinski definition) is 2. The van der Waals surface area contributed by atoms with Gasteiger partial charge in [-0.05, 0) is 50.7 Å². The van der Waals surface area contributed by atoms with Gasteiger partial charge in [0.25, 0.3) is 0 Å². The molecular formula is C22H32N4O2. The molecule has 0 spiro atoms. The van der Waals surface area contributed by atoms with Gasteiger partial charge in [0.15, 0.2) is 11.4 Å². The Kier molecular flexibility index (Phi) is 5.85. The number of rotatable bonds is 7. The summed E-state index contributed by atoms with van der Waals surface area (Å²) in [6.45, 7) is 6.51. The van der Waals surface area contributed by atoms with E-state index < -0.39 is 0 Å². The van der Waals surface area contributed by atoms with Crippen LogP contribution in [-0.2, 0) is 4.79 Å². The zero-order valence-corrected chi connectivity index (χ0v) is 17.0. The van der Waals surface area contributed by atoms with Crippen molar-refractivity contribution in [3.8, 4) is 0 Å². The van der Waals surface area contributed by atoms with E-state index >= 15 is 0 Å². The Bertz CT molecular complexity index is 804. The van der Waals surface area contributed by atoms with E-state index in [-0.39, 0.29) is 18.5 Å². The van der Waals surface area contributed by atoms with Crippen molar-refractivity contribution in [2.45, 2.75) is 64.5 Å². The van der Waals surface area contributed by atoms with Gasteiger partial charge in [-0.3, -0.25) is 9.69 Å². The van der Waals surface area contributed by atoms with Crippen molar-refractivity contribution in [2.75, 3.05) is 25.0 Å². The van der Waals surface area contributed by atoms with Crippen molar-refractivity contribution in [1.29, 1.82) is 0 Å². The molecule has 0 unspecified atom stereocenters. The van der Waals surface area contributed by atoms with Crippen LogP contribution in [0.15, 0.2) is 22.7 Å². The fraction of sp³-hybridized carbons (Fsp3) is 0.636. The lowest BCUT2D eigenvalue weighted by atomic mass is 9.82. The predicted molar refractivity (Wildman–Crippen MR) is 111 cm³/mol. The third-order valence-corrected chi connectivity index (χ3v) is 6.35. The minimum atomic E-state index is 0.0140. The highest BCUT2D eigenvalue weighted by Crippen LogP contribution is 2.32. The van der Waals surface area contributed by atoms with E-state index in [2.05, 4.69) is 27.6 Å². The lowest BCUT2D eigenvalue weighted by molar-refractivity contribution is -0.121. The standard InChI is InChI=1S/C22H32N4O2/c1-3-4-16-6-8-18(9-7-16)26-13-17(14-26)24-21(27)12-23-22-19-11-15(2)5-10-20(19)28-25-22/h5,10-11,16-18H,3-4,6-9,12-14H2,1-2H3,(H,23,25)(H,24,27)/t16-,18+. The number of hydrogen-bond acceptors (Lipinski definition) is 5. The summed E-state index contributed by atoms with van der Waals surface area (Å²) in [6.07, 6.45) is 8.10. The first kappa shape index (κ1) is 19.2. The first-order valence-electron chi connectivity index (χ1n) is 10.8. The van der Waals surface area contributed by atoms with Gasteiger partial charge >= 0.3 is 0 Å². The zero-order chi connectivity index (χ0) is 19.5. The normalized spacial score (nSPS) is 23.5. The van der Waals surface area contributed by atoms with Crippen molar-refractivity contribution in [1.82, 2.24) is 15.4 Å². The molecule has 1 aromatic heterocycles. The Labute approximate surface area is 167 Å². The molecule has 1 saturated carbocycles. The molecule has 1 aliphatic heterocycles. The summed E-state index contributed by atoms with van der Waals surface area (Å²) < 4.78 is 5.30. The summed E-state index contributed by atoms with van der Waals surface area (Å²) in [6, 6.07) is 6.91. The molecule has 2 heterocycles. The number of fused-ring (bicyclic) bond motifs is 1. The summed E-state index contributed by atoms with van der Waals surface area (Å²) in [5.74, 6) is 1.59. The number of carbonyl (C=O) groups is 1. The first-order chi connectivity index (χ1) is 13.6. The van der Waals surface area contributed by atoms with Gasteiger partial charge in [-0.15, -0.1) is 0 Å². The molecule has 152 valence electrons. The summed E-state index contributed by atoms with van der Waals surface area (Å²) in [5, 5.41) is 11.2. The van der Waals surface area contributed by atoms with Gasteiger partial charge in [0.1, 0.15) is 0 Å². The Hall–Kier alpha value is -2.08. The molecule has 28 heavy (non-hydrogen) atoms. The summed E-state index contributed by atoms with van der Waals surface area (Å²) in [7, 11) is 0. The maximum atomic E-state index is 12.3. The van der Waals surface area contributed by atoms with Crippen LogP contribution in [0.4, 0.5) is 5.82 Å². The number of likely N-dealkylation sites (tertiary alicyclic amines) is 1. The second kappa shape index (κ2) is 8.52. The smallest absolute Gasteiger partial charge is 0.239 e. The van der Waals surface area contributed by atoms with E-state index in [0.717, 1.165) is 41.6 Å². The van der Waals surface area contributed by atoms with Crippen LogP contribution >= 0.6 is 0 Å². The second-order valence-corrected chi connectivity index (χ2v) is 8.57. The van der Waals surface area contributed by atoms with E-state index in [4.69, 9.17) is 4.52 Å².